The van der Waals surface area contributed by atoms with E-state index < -0.39 is 0 Å². The van der Waals surface area contributed by atoms with Crippen LogP contribution in [0.2, 0.25) is 0 Å². The second kappa shape index (κ2) is 3.25. The predicted molar refractivity (Wildman–Crippen MR) is 58.8 cm³/mol. The number of aromatic nitrogens is 1. The van der Waals surface area contributed by atoms with Crippen molar-refractivity contribution in [1.29, 1.82) is 5.26 Å². The van der Waals surface area contributed by atoms with Gasteiger partial charge in [-0.2, -0.15) is 5.26 Å². The van der Waals surface area contributed by atoms with E-state index in [9.17, 15) is 4.79 Å². The van der Waals surface area contributed by atoms with Crippen LogP contribution in [0.25, 0.3) is 10.9 Å². The van der Waals surface area contributed by atoms with Crippen molar-refractivity contribution in [2.45, 2.75) is 13.8 Å². The third-order valence-corrected chi connectivity index (χ3v) is 2.58. The van der Waals surface area contributed by atoms with Crippen LogP contribution in [0.4, 0.5) is 0 Å². The van der Waals surface area contributed by atoms with Gasteiger partial charge in [-0.3, -0.25) is 4.79 Å². The maximum atomic E-state index is 11.4. The topological polar surface area (TPSA) is 56.6 Å². The van der Waals surface area contributed by atoms with Crippen molar-refractivity contribution in [3.8, 4) is 6.07 Å². The molecule has 1 N–H and O–H groups in total. The standard InChI is InChI=1S/C12H10N2O/c1-7-3-9-5-10(6-13)12(15)14-11(9)4-8(7)2/h3-5H,1-2H3,(H,14,15). The largest absolute Gasteiger partial charge is 0.321 e. The van der Waals surface area contributed by atoms with Gasteiger partial charge in [0.2, 0.25) is 0 Å². The molecular formula is C12H10N2O. The monoisotopic (exact) mass is 198 g/mol. The van der Waals surface area contributed by atoms with Crippen LogP contribution in [0, 0.1) is 25.2 Å². The first kappa shape index (κ1) is 9.47. The number of fused-ring (bicyclic) bond motifs is 1. The van der Waals surface area contributed by atoms with Gasteiger partial charge in [-0.1, -0.05) is 0 Å². The van der Waals surface area contributed by atoms with Gasteiger partial charge in [0.25, 0.3) is 5.56 Å². The third-order valence-electron chi connectivity index (χ3n) is 2.58. The van der Waals surface area contributed by atoms with E-state index in [1.807, 2.05) is 32.0 Å². The number of H-pyrrole nitrogens is 1. The Balaban J connectivity index is 2.90. The third kappa shape index (κ3) is 1.50. The van der Waals surface area contributed by atoms with Crippen LogP contribution >= 0.6 is 0 Å². The quantitative estimate of drug-likeness (QED) is 0.704. The van der Waals surface area contributed by atoms with Crippen molar-refractivity contribution in [2.24, 2.45) is 0 Å². The molecule has 74 valence electrons. The van der Waals surface area contributed by atoms with Gasteiger partial charge in [-0.05, 0) is 48.6 Å². The summed E-state index contributed by atoms with van der Waals surface area (Å²) >= 11 is 0. The van der Waals surface area contributed by atoms with E-state index in [0.29, 0.717) is 0 Å². The van der Waals surface area contributed by atoms with Crippen LogP contribution in [-0.2, 0) is 0 Å². The van der Waals surface area contributed by atoms with E-state index in [4.69, 9.17) is 5.26 Å². The normalized spacial score (nSPS) is 10.2. The summed E-state index contributed by atoms with van der Waals surface area (Å²) in [7, 11) is 0. The summed E-state index contributed by atoms with van der Waals surface area (Å²) in [5.74, 6) is 0. The molecule has 0 saturated carbocycles. The lowest BCUT2D eigenvalue weighted by Gasteiger charge is -2.03. The predicted octanol–water partition coefficient (Wildman–Crippen LogP) is 2.02. The number of pyridine rings is 1. The first-order chi connectivity index (χ1) is 7.11. The van der Waals surface area contributed by atoms with Gasteiger partial charge in [0.1, 0.15) is 11.6 Å². The number of nitrogens with zero attached hydrogens (tertiary/aromatic N) is 1. The molecule has 15 heavy (non-hydrogen) atoms. The lowest BCUT2D eigenvalue weighted by molar-refractivity contribution is 1.26. The summed E-state index contributed by atoms with van der Waals surface area (Å²) in [6.07, 6.45) is 0. The van der Waals surface area contributed by atoms with Gasteiger partial charge in [-0.15, -0.1) is 0 Å². The van der Waals surface area contributed by atoms with E-state index in [-0.39, 0.29) is 11.1 Å². The van der Waals surface area contributed by atoms with Gasteiger partial charge in [0.15, 0.2) is 0 Å². The zero-order chi connectivity index (χ0) is 11.0. The van der Waals surface area contributed by atoms with Crippen LogP contribution in [-0.4, -0.2) is 4.98 Å². The maximum Gasteiger partial charge on any atom is 0.266 e. The Morgan fingerprint density at radius 2 is 1.87 bits per heavy atom. The Bertz CT molecular complexity index is 632. The van der Waals surface area contributed by atoms with Crippen LogP contribution < -0.4 is 5.56 Å². The number of hydrogen-bond acceptors (Lipinski definition) is 2. The van der Waals surface area contributed by atoms with Gasteiger partial charge >= 0.3 is 0 Å². The zero-order valence-corrected chi connectivity index (χ0v) is 8.59. The molecule has 3 nitrogen and oxygen atoms in total. The number of nitrogens with one attached hydrogen (secondary N) is 1. The van der Waals surface area contributed by atoms with Crippen LogP contribution in [0.5, 0.6) is 0 Å². The fourth-order valence-electron chi connectivity index (χ4n) is 1.56. The van der Waals surface area contributed by atoms with E-state index in [1.54, 1.807) is 6.07 Å². The van der Waals surface area contributed by atoms with E-state index in [1.165, 1.54) is 0 Å². The number of benzene rings is 1. The Kier molecular flexibility index (Phi) is 2.05. The summed E-state index contributed by atoms with van der Waals surface area (Å²) in [5, 5.41) is 9.63. The van der Waals surface area contributed by atoms with E-state index in [2.05, 4.69) is 4.98 Å². The highest BCUT2D eigenvalue weighted by Gasteiger charge is 2.03. The minimum atomic E-state index is -0.326. The molecule has 0 aliphatic rings. The molecule has 0 aliphatic heterocycles. The molecule has 0 unspecified atom stereocenters. The molecule has 0 aliphatic carbocycles. The van der Waals surface area contributed by atoms with Crippen molar-refractivity contribution in [3.63, 3.8) is 0 Å². The van der Waals surface area contributed by atoms with E-state index >= 15 is 0 Å². The minimum Gasteiger partial charge on any atom is -0.321 e. The second-order valence-corrected chi connectivity index (χ2v) is 3.65. The molecule has 0 saturated heterocycles. The first-order valence-electron chi connectivity index (χ1n) is 4.66. The Morgan fingerprint density at radius 1 is 1.20 bits per heavy atom. The maximum absolute atomic E-state index is 11.4. The fraction of sp³-hybridized carbons (Fsp3) is 0.167. The minimum absolute atomic E-state index is 0.158. The smallest absolute Gasteiger partial charge is 0.266 e. The highest BCUT2D eigenvalue weighted by Crippen LogP contribution is 2.16. The summed E-state index contributed by atoms with van der Waals surface area (Å²) < 4.78 is 0. The zero-order valence-electron chi connectivity index (χ0n) is 8.59. The number of hydrogen-bond donors (Lipinski definition) is 1. The number of nitriles is 1. The molecule has 0 fully saturated rings. The number of rotatable bonds is 0. The van der Waals surface area contributed by atoms with Crippen LogP contribution in [0.1, 0.15) is 16.7 Å². The average molecular weight is 198 g/mol. The molecule has 0 atom stereocenters. The summed E-state index contributed by atoms with van der Waals surface area (Å²) in [5.41, 5.74) is 2.89. The van der Waals surface area contributed by atoms with Gasteiger partial charge in [0, 0.05) is 5.52 Å². The van der Waals surface area contributed by atoms with Crippen molar-refractivity contribution in [1.82, 2.24) is 4.98 Å². The Morgan fingerprint density at radius 3 is 2.53 bits per heavy atom. The van der Waals surface area contributed by atoms with Crippen molar-refractivity contribution >= 4 is 10.9 Å². The number of aromatic amines is 1. The fourth-order valence-corrected chi connectivity index (χ4v) is 1.56. The lowest BCUT2D eigenvalue weighted by Crippen LogP contribution is -2.09. The summed E-state index contributed by atoms with van der Waals surface area (Å²) in [6.45, 7) is 4.00. The summed E-state index contributed by atoms with van der Waals surface area (Å²) in [4.78, 5) is 14.1. The van der Waals surface area contributed by atoms with Crippen LogP contribution in [0.3, 0.4) is 0 Å². The number of aryl methyl sites for hydroxylation is 2. The lowest BCUT2D eigenvalue weighted by atomic mass is 10.1. The Hall–Kier alpha value is -2.08. The molecule has 1 aromatic heterocycles. The van der Waals surface area contributed by atoms with E-state index in [0.717, 1.165) is 22.0 Å². The molecule has 2 aromatic rings. The molecule has 0 amide bonds. The van der Waals surface area contributed by atoms with Crippen LogP contribution in [0.15, 0.2) is 23.0 Å². The molecule has 3 heteroatoms. The molecule has 0 spiro atoms. The molecular weight excluding hydrogens is 188 g/mol. The van der Waals surface area contributed by atoms with Gasteiger partial charge < -0.3 is 4.98 Å². The second-order valence-electron chi connectivity index (χ2n) is 3.65. The van der Waals surface area contributed by atoms with Gasteiger partial charge in [0.05, 0.1) is 0 Å². The molecule has 2 rings (SSSR count). The summed E-state index contributed by atoms with van der Waals surface area (Å²) in [6, 6.07) is 7.40. The van der Waals surface area contributed by atoms with Crippen molar-refractivity contribution in [2.75, 3.05) is 0 Å². The Labute approximate surface area is 87.0 Å². The van der Waals surface area contributed by atoms with Crippen molar-refractivity contribution < 1.29 is 0 Å². The van der Waals surface area contributed by atoms with Crippen molar-refractivity contribution in [3.05, 3.63) is 45.2 Å². The first-order valence-corrected chi connectivity index (χ1v) is 4.66. The molecule has 0 bridgehead atoms. The van der Waals surface area contributed by atoms with Gasteiger partial charge in [-0.25, -0.2) is 0 Å². The highest BCUT2D eigenvalue weighted by molar-refractivity contribution is 5.81. The highest BCUT2D eigenvalue weighted by atomic mass is 16.1. The molecule has 0 radical (unpaired) electrons. The molecule has 1 aromatic carbocycles. The SMILES string of the molecule is Cc1cc2cc(C#N)c(=O)[nH]c2cc1C. The average Bonchev–Trinajstić information content (AvgIpc) is 2.20. The molecule has 1 heterocycles.